The number of allylic oxidation sites excluding steroid dienone is 1. The summed E-state index contributed by atoms with van der Waals surface area (Å²) in [5, 5.41) is -0.0486. The van der Waals surface area contributed by atoms with Crippen molar-refractivity contribution in [3.63, 3.8) is 0 Å². The lowest BCUT2D eigenvalue weighted by Crippen LogP contribution is -2.31. The third kappa shape index (κ3) is 3.77. The third-order valence-corrected chi connectivity index (χ3v) is 5.73. The van der Waals surface area contributed by atoms with Crippen LogP contribution in [-0.2, 0) is 14.8 Å². The Morgan fingerprint density at radius 3 is 2.37 bits per heavy atom. The van der Waals surface area contributed by atoms with Gasteiger partial charge in [-0.15, -0.1) is 0 Å². The average molecular weight is 411 g/mol. The van der Waals surface area contributed by atoms with Crippen LogP contribution >= 0.6 is 11.6 Å². The molecule has 0 aromatic heterocycles. The summed E-state index contributed by atoms with van der Waals surface area (Å²) in [6, 6.07) is 9.00. The van der Waals surface area contributed by atoms with Crippen LogP contribution in [0.25, 0.3) is 0 Å². The van der Waals surface area contributed by atoms with Crippen LogP contribution < -0.4 is 4.72 Å². The van der Waals surface area contributed by atoms with Crippen LogP contribution in [0.4, 0.5) is 8.78 Å². The van der Waals surface area contributed by atoms with E-state index in [4.69, 9.17) is 11.6 Å². The normalized spacial score (nSPS) is 14.3. The number of benzene rings is 2. The second-order valence-electron chi connectivity index (χ2n) is 5.83. The molecule has 0 spiro atoms. The number of halogens is 3. The third-order valence-electron chi connectivity index (χ3n) is 3.90. The predicted molar refractivity (Wildman–Crippen MR) is 97.0 cm³/mol. The minimum absolute atomic E-state index is 0.0170. The molecule has 1 aliphatic rings. The molecule has 1 aliphatic heterocycles. The van der Waals surface area contributed by atoms with Crippen molar-refractivity contribution < 1.29 is 22.0 Å². The Hall–Kier alpha value is -2.58. The smallest absolute Gasteiger partial charge is 0.266 e. The Morgan fingerprint density at radius 1 is 1.11 bits per heavy atom. The molecule has 1 heterocycles. The van der Waals surface area contributed by atoms with Gasteiger partial charge in [0, 0.05) is 6.42 Å². The Labute approximate surface area is 159 Å². The van der Waals surface area contributed by atoms with E-state index in [0.29, 0.717) is 5.57 Å². The molecule has 5 nitrogen and oxygen atoms in total. The van der Waals surface area contributed by atoms with E-state index in [1.54, 1.807) is 6.07 Å². The molecule has 0 atom stereocenters. The Morgan fingerprint density at radius 2 is 1.74 bits per heavy atom. The highest BCUT2D eigenvalue weighted by atomic mass is 35.5. The second-order valence-corrected chi connectivity index (χ2v) is 7.88. The lowest BCUT2D eigenvalue weighted by atomic mass is 10.0. The van der Waals surface area contributed by atoms with Gasteiger partial charge in [0.25, 0.3) is 15.9 Å². The highest BCUT2D eigenvalue weighted by Crippen LogP contribution is 2.27. The molecule has 0 fully saturated rings. The van der Waals surface area contributed by atoms with Crippen molar-refractivity contribution >= 4 is 33.2 Å². The molecular weight excluding hydrogens is 398 g/mol. The van der Waals surface area contributed by atoms with E-state index in [-0.39, 0.29) is 33.3 Å². The summed E-state index contributed by atoms with van der Waals surface area (Å²) in [7, 11) is -4.23. The molecule has 2 aromatic carbocycles. The van der Waals surface area contributed by atoms with Gasteiger partial charge in [0.05, 0.1) is 16.3 Å². The molecule has 27 heavy (non-hydrogen) atoms. The fourth-order valence-electron chi connectivity index (χ4n) is 2.66. The van der Waals surface area contributed by atoms with Crippen LogP contribution in [0.3, 0.4) is 0 Å². The molecule has 0 radical (unpaired) electrons. The molecule has 0 bridgehead atoms. The second kappa shape index (κ2) is 7.21. The van der Waals surface area contributed by atoms with Crippen molar-refractivity contribution in [1.29, 1.82) is 0 Å². The summed E-state index contributed by atoms with van der Waals surface area (Å²) < 4.78 is 54.5. The molecule has 140 valence electrons. The van der Waals surface area contributed by atoms with E-state index in [0.717, 1.165) is 12.1 Å². The number of carbonyl (C=O) groups is 1. The zero-order valence-electron chi connectivity index (χ0n) is 14.0. The van der Waals surface area contributed by atoms with Gasteiger partial charge in [-0.1, -0.05) is 29.8 Å². The minimum atomic E-state index is -4.23. The summed E-state index contributed by atoms with van der Waals surface area (Å²) in [5.74, 6) is -2.63. The first-order chi connectivity index (χ1) is 12.7. The van der Waals surface area contributed by atoms with Crippen LogP contribution in [0, 0.1) is 11.6 Å². The van der Waals surface area contributed by atoms with Crippen molar-refractivity contribution in [3.05, 3.63) is 76.0 Å². The van der Waals surface area contributed by atoms with Crippen LogP contribution in [0.5, 0.6) is 0 Å². The van der Waals surface area contributed by atoms with Crippen LogP contribution in [0.2, 0.25) is 5.02 Å². The number of sulfonamides is 1. The van der Waals surface area contributed by atoms with Gasteiger partial charge in [-0.3, -0.25) is 4.79 Å². The van der Waals surface area contributed by atoms with Crippen molar-refractivity contribution in [1.82, 2.24) is 4.72 Å². The van der Waals surface area contributed by atoms with Crippen LogP contribution in [0.15, 0.2) is 63.6 Å². The van der Waals surface area contributed by atoms with Crippen LogP contribution in [0.1, 0.15) is 18.9 Å². The quantitative estimate of drug-likeness (QED) is 0.836. The van der Waals surface area contributed by atoms with Crippen molar-refractivity contribution in [2.45, 2.75) is 18.2 Å². The summed E-state index contributed by atoms with van der Waals surface area (Å²) in [4.78, 5) is 16.1. The zero-order chi connectivity index (χ0) is 19.8. The first kappa shape index (κ1) is 19.2. The number of aliphatic imine (C=N–C) groups is 1. The largest absolute Gasteiger partial charge is 0.283 e. The number of nitrogens with zero attached hydrogens (tertiary/aromatic N) is 1. The molecule has 9 heteroatoms. The topological polar surface area (TPSA) is 75.6 Å². The van der Waals surface area contributed by atoms with Gasteiger partial charge >= 0.3 is 0 Å². The van der Waals surface area contributed by atoms with E-state index in [2.05, 4.69) is 4.99 Å². The fourth-order valence-corrected chi connectivity index (χ4v) is 4.13. The van der Waals surface area contributed by atoms with Crippen molar-refractivity contribution in [3.8, 4) is 0 Å². The lowest BCUT2D eigenvalue weighted by Gasteiger charge is -2.08. The number of hydrogen-bond donors (Lipinski definition) is 1. The van der Waals surface area contributed by atoms with Crippen molar-refractivity contribution in [2.24, 2.45) is 4.99 Å². The highest BCUT2D eigenvalue weighted by molar-refractivity contribution is 7.90. The van der Waals surface area contributed by atoms with Gasteiger partial charge in [0.2, 0.25) is 0 Å². The van der Waals surface area contributed by atoms with E-state index in [9.17, 15) is 22.0 Å². The molecule has 0 saturated carbocycles. The monoisotopic (exact) mass is 410 g/mol. The molecule has 2 aromatic rings. The van der Waals surface area contributed by atoms with Gasteiger partial charge < -0.3 is 0 Å². The van der Waals surface area contributed by atoms with Gasteiger partial charge in [-0.2, -0.15) is 0 Å². The highest BCUT2D eigenvalue weighted by Gasteiger charge is 2.28. The number of hydrogen-bond acceptors (Lipinski definition) is 4. The molecule has 1 amide bonds. The molecule has 3 rings (SSSR count). The number of carbonyl (C=O) groups excluding carboxylic acids is 1. The van der Waals surface area contributed by atoms with E-state index < -0.39 is 27.6 Å². The van der Waals surface area contributed by atoms with E-state index >= 15 is 0 Å². The van der Waals surface area contributed by atoms with E-state index in [1.165, 1.54) is 31.2 Å². The fraction of sp³-hybridized carbons (Fsp3) is 0.111. The Kier molecular flexibility index (Phi) is 5.12. The number of amides is 1. The maximum Gasteiger partial charge on any atom is 0.283 e. The van der Waals surface area contributed by atoms with Gasteiger partial charge in [0.15, 0.2) is 0 Å². The summed E-state index contributed by atoms with van der Waals surface area (Å²) >= 11 is 5.87. The number of rotatable bonds is 4. The predicted octanol–water partition coefficient (Wildman–Crippen LogP) is 3.59. The number of nitrogens with one attached hydrogen (secondary N) is 1. The summed E-state index contributed by atoms with van der Waals surface area (Å²) in [6.07, 6.45) is 0.0206. The molecule has 1 N–H and O–H groups in total. The molecular formula is C18H13ClF2N2O3S. The van der Waals surface area contributed by atoms with Gasteiger partial charge in [0.1, 0.15) is 22.2 Å². The maximum absolute atomic E-state index is 13.9. The molecule has 0 aliphatic carbocycles. The summed E-state index contributed by atoms with van der Waals surface area (Å²) in [5.41, 5.74) is -0.139. The van der Waals surface area contributed by atoms with Crippen LogP contribution in [-0.4, -0.2) is 20.0 Å². The summed E-state index contributed by atoms with van der Waals surface area (Å²) in [6.45, 7) is 1.53. The van der Waals surface area contributed by atoms with Gasteiger partial charge in [-0.05, 0) is 36.8 Å². The standard InChI is InChI=1S/C18H13ClF2N2O3S/c1-10-9-14(16-12(20)6-4-7-13(16)21)22-17(10)18(24)23-27(25,26)15-8-3-2-5-11(15)19/h2-8H,9H2,1H3,(H,23,24). The SMILES string of the molecule is CC1=C(C(=O)NS(=O)(=O)c2ccccc2Cl)N=C(c2c(F)cccc2F)C1. The zero-order valence-corrected chi connectivity index (χ0v) is 15.5. The van der Waals surface area contributed by atoms with Crippen molar-refractivity contribution in [2.75, 3.05) is 0 Å². The maximum atomic E-state index is 13.9. The first-order valence-electron chi connectivity index (χ1n) is 7.74. The lowest BCUT2D eigenvalue weighted by molar-refractivity contribution is -0.115. The molecule has 0 saturated heterocycles. The first-order valence-corrected chi connectivity index (χ1v) is 9.60. The Balaban J connectivity index is 1.90. The Bertz CT molecular complexity index is 1090. The van der Waals surface area contributed by atoms with E-state index in [1.807, 2.05) is 4.72 Å². The average Bonchev–Trinajstić information content (AvgIpc) is 2.96. The molecule has 0 unspecified atom stereocenters. The minimum Gasteiger partial charge on any atom is -0.266 e. The van der Waals surface area contributed by atoms with Gasteiger partial charge in [-0.25, -0.2) is 26.9 Å².